The van der Waals surface area contributed by atoms with Gasteiger partial charge in [0.05, 0.1) is 11.8 Å². The molecule has 0 saturated heterocycles. The Balaban J connectivity index is 2.72. The molecule has 0 spiro atoms. The number of nitrogen functional groups attached to an aromatic ring is 1. The number of hydrogen-bond donors (Lipinski definition) is 2. The van der Waals surface area contributed by atoms with Crippen LogP contribution in [-0.2, 0) is 0 Å². The smallest absolute Gasteiger partial charge is 0.169 e. The first-order chi connectivity index (χ1) is 7.11. The first-order valence-corrected chi connectivity index (χ1v) is 4.04. The zero-order chi connectivity index (χ0) is 11.0. The number of aromatic nitrogens is 2. The summed E-state index contributed by atoms with van der Waals surface area (Å²) in [6.07, 6.45) is 1.14. The average Bonchev–Trinajstić information content (AvgIpc) is 2.60. The van der Waals surface area contributed by atoms with E-state index in [0.29, 0.717) is 6.07 Å². The van der Waals surface area contributed by atoms with Crippen molar-refractivity contribution in [3.05, 3.63) is 35.8 Å². The zero-order valence-corrected chi connectivity index (χ0v) is 7.39. The molecule has 15 heavy (non-hydrogen) atoms. The number of H-pyrrole nitrogens is 1. The van der Waals surface area contributed by atoms with Crippen molar-refractivity contribution in [1.82, 2.24) is 10.2 Å². The number of hydrogen-bond acceptors (Lipinski definition) is 2. The number of nitrogens with one attached hydrogen (secondary N) is 1. The summed E-state index contributed by atoms with van der Waals surface area (Å²) >= 11 is 0. The van der Waals surface area contributed by atoms with Gasteiger partial charge in [-0.2, -0.15) is 5.10 Å². The second-order valence-corrected chi connectivity index (χ2v) is 2.92. The SMILES string of the molecule is Nc1[nH]ncc1-c1c(F)ccc(F)c1F. The Morgan fingerprint density at radius 2 is 1.80 bits per heavy atom. The van der Waals surface area contributed by atoms with Gasteiger partial charge in [0.1, 0.15) is 11.6 Å². The third-order valence-corrected chi connectivity index (χ3v) is 1.98. The van der Waals surface area contributed by atoms with E-state index in [1.54, 1.807) is 0 Å². The van der Waals surface area contributed by atoms with Crippen molar-refractivity contribution < 1.29 is 13.2 Å². The second-order valence-electron chi connectivity index (χ2n) is 2.92. The standard InChI is InChI=1S/C9H6F3N3/c10-5-1-2-6(11)8(12)7(5)4-3-14-15-9(4)13/h1-3H,(H3,13,14,15). The maximum Gasteiger partial charge on any atom is 0.169 e. The second kappa shape index (κ2) is 3.30. The van der Waals surface area contributed by atoms with Crippen LogP contribution in [0.2, 0.25) is 0 Å². The monoisotopic (exact) mass is 213 g/mol. The van der Waals surface area contributed by atoms with Gasteiger partial charge in [0.2, 0.25) is 0 Å². The van der Waals surface area contributed by atoms with Gasteiger partial charge in [-0.25, -0.2) is 13.2 Å². The summed E-state index contributed by atoms with van der Waals surface area (Å²) in [5, 5.41) is 5.82. The molecule has 3 N–H and O–H groups in total. The summed E-state index contributed by atoms with van der Waals surface area (Å²) in [5.41, 5.74) is 4.88. The Hall–Kier alpha value is -1.98. The van der Waals surface area contributed by atoms with E-state index in [4.69, 9.17) is 5.73 Å². The van der Waals surface area contributed by atoms with E-state index < -0.39 is 23.0 Å². The summed E-state index contributed by atoms with van der Waals surface area (Å²) in [6, 6.07) is 1.55. The molecule has 0 aliphatic heterocycles. The van der Waals surface area contributed by atoms with Crippen LogP contribution in [0.5, 0.6) is 0 Å². The Labute approximate surface area is 82.7 Å². The van der Waals surface area contributed by atoms with Crippen molar-refractivity contribution >= 4 is 5.82 Å². The Bertz CT molecular complexity index is 507. The van der Waals surface area contributed by atoms with Crippen molar-refractivity contribution in [2.24, 2.45) is 0 Å². The summed E-state index contributed by atoms with van der Waals surface area (Å²) in [6.45, 7) is 0. The number of benzene rings is 1. The molecule has 1 aromatic heterocycles. The quantitative estimate of drug-likeness (QED) is 0.712. The summed E-state index contributed by atoms with van der Waals surface area (Å²) < 4.78 is 39.4. The van der Waals surface area contributed by atoms with Gasteiger partial charge in [-0.15, -0.1) is 0 Å². The summed E-state index contributed by atoms with van der Waals surface area (Å²) in [7, 11) is 0. The molecule has 0 radical (unpaired) electrons. The zero-order valence-electron chi connectivity index (χ0n) is 7.39. The van der Waals surface area contributed by atoms with Gasteiger partial charge in [0, 0.05) is 5.56 Å². The van der Waals surface area contributed by atoms with E-state index in [0.717, 1.165) is 12.3 Å². The van der Waals surface area contributed by atoms with Gasteiger partial charge in [0.15, 0.2) is 11.6 Å². The van der Waals surface area contributed by atoms with E-state index in [-0.39, 0.29) is 11.4 Å². The molecule has 6 heteroatoms. The van der Waals surface area contributed by atoms with E-state index in [2.05, 4.69) is 10.2 Å². The van der Waals surface area contributed by atoms with Crippen LogP contribution < -0.4 is 5.73 Å². The molecule has 1 aromatic carbocycles. The third-order valence-electron chi connectivity index (χ3n) is 1.98. The molecule has 0 fully saturated rings. The number of aromatic amines is 1. The molecule has 0 bridgehead atoms. The highest BCUT2D eigenvalue weighted by Gasteiger charge is 2.18. The molecule has 0 atom stereocenters. The fourth-order valence-electron chi connectivity index (χ4n) is 1.27. The molecule has 3 nitrogen and oxygen atoms in total. The highest BCUT2D eigenvalue weighted by Crippen LogP contribution is 2.30. The van der Waals surface area contributed by atoms with E-state index >= 15 is 0 Å². The number of anilines is 1. The van der Waals surface area contributed by atoms with Crippen LogP contribution in [0.15, 0.2) is 18.3 Å². The van der Waals surface area contributed by atoms with Crippen molar-refractivity contribution in [3.8, 4) is 11.1 Å². The van der Waals surface area contributed by atoms with Crippen molar-refractivity contribution in [1.29, 1.82) is 0 Å². The topological polar surface area (TPSA) is 54.7 Å². The van der Waals surface area contributed by atoms with Crippen LogP contribution >= 0.6 is 0 Å². The minimum Gasteiger partial charge on any atom is -0.384 e. The molecule has 0 unspecified atom stereocenters. The number of nitrogens with zero attached hydrogens (tertiary/aromatic N) is 1. The molecule has 1 heterocycles. The van der Waals surface area contributed by atoms with Gasteiger partial charge in [-0.3, -0.25) is 5.10 Å². The highest BCUT2D eigenvalue weighted by atomic mass is 19.2. The van der Waals surface area contributed by atoms with E-state index in [1.165, 1.54) is 0 Å². The van der Waals surface area contributed by atoms with Gasteiger partial charge < -0.3 is 5.73 Å². The molecular weight excluding hydrogens is 207 g/mol. The van der Waals surface area contributed by atoms with E-state index in [1.807, 2.05) is 0 Å². The normalized spacial score (nSPS) is 10.6. The van der Waals surface area contributed by atoms with Gasteiger partial charge in [0.25, 0.3) is 0 Å². The summed E-state index contributed by atoms with van der Waals surface area (Å²) in [4.78, 5) is 0. The molecule has 0 saturated carbocycles. The average molecular weight is 213 g/mol. The van der Waals surface area contributed by atoms with Crippen LogP contribution in [0.3, 0.4) is 0 Å². The Morgan fingerprint density at radius 1 is 1.13 bits per heavy atom. The van der Waals surface area contributed by atoms with Gasteiger partial charge in [-0.1, -0.05) is 0 Å². The maximum atomic E-state index is 13.3. The van der Waals surface area contributed by atoms with Crippen LogP contribution in [0, 0.1) is 17.5 Å². The lowest BCUT2D eigenvalue weighted by Gasteiger charge is -2.03. The number of nitrogens with two attached hydrogens (primary N) is 1. The third kappa shape index (κ3) is 1.43. The molecule has 2 aromatic rings. The molecule has 0 amide bonds. The molecular formula is C9H6F3N3. The molecule has 2 rings (SSSR count). The first kappa shape index (κ1) is 9.57. The highest BCUT2D eigenvalue weighted by molar-refractivity contribution is 5.73. The fraction of sp³-hybridized carbons (Fsp3) is 0. The van der Waals surface area contributed by atoms with Crippen LogP contribution in [0.1, 0.15) is 0 Å². The number of halogens is 3. The van der Waals surface area contributed by atoms with Crippen LogP contribution in [0.4, 0.5) is 19.0 Å². The van der Waals surface area contributed by atoms with E-state index in [9.17, 15) is 13.2 Å². The minimum atomic E-state index is -1.27. The lowest BCUT2D eigenvalue weighted by molar-refractivity contribution is 0.499. The van der Waals surface area contributed by atoms with Gasteiger partial charge in [-0.05, 0) is 12.1 Å². The molecule has 0 aliphatic carbocycles. The molecule has 0 aliphatic rings. The van der Waals surface area contributed by atoms with Crippen LogP contribution in [0.25, 0.3) is 11.1 Å². The largest absolute Gasteiger partial charge is 0.384 e. The van der Waals surface area contributed by atoms with Crippen molar-refractivity contribution in [3.63, 3.8) is 0 Å². The van der Waals surface area contributed by atoms with Gasteiger partial charge >= 0.3 is 0 Å². The Morgan fingerprint density at radius 3 is 2.40 bits per heavy atom. The first-order valence-electron chi connectivity index (χ1n) is 4.04. The number of rotatable bonds is 1. The predicted octanol–water partition coefficient (Wildman–Crippen LogP) is 2.08. The summed E-state index contributed by atoms with van der Waals surface area (Å²) in [5.74, 6) is -3.31. The molecule has 78 valence electrons. The van der Waals surface area contributed by atoms with Crippen molar-refractivity contribution in [2.45, 2.75) is 0 Å². The lowest BCUT2D eigenvalue weighted by Crippen LogP contribution is -1.96. The Kier molecular flexibility index (Phi) is 2.11. The predicted molar refractivity (Wildman–Crippen MR) is 48.3 cm³/mol. The van der Waals surface area contributed by atoms with Crippen LogP contribution in [-0.4, -0.2) is 10.2 Å². The maximum absolute atomic E-state index is 13.3. The minimum absolute atomic E-state index is 0.00417. The fourth-order valence-corrected chi connectivity index (χ4v) is 1.27. The van der Waals surface area contributed by atoms with Crippen molar-refractivity contribution in [2.75, 3.05) is 5.73 Å². The lowest BCUT2D eigenvalue weighted by atomic mass is 10.1.